The van der Waals surface area contributed by atoms with Crippen LogP contribution in [0.2, 0.25) is 0 Å². The van der Waals surface area contributed by atoms with Crippen molar-refractivity contribution in [1.29, 1.82) is 0 Å². The Kier molecular flexibility index (Phi) is 4.41. The van der Waals surface area contributed by atoms with Crippen molar-refractivity contribution in [2.24, 2.45) is 5.92 Å². The molecule has 2 heteroatoms. The maximum absolute atomic E-state index is 3.56. The van der Waals surface area contributed by atoms with Crippen LogP contribution in [0.5, 0.6) is 0 Å². The normalized spacial score (nSPS) is 18.9. The van der Waals surface area contributed by atoms with Crippen molar-refractivity contribution in [2.45, 2.75) is 39.7 Å². The number of benzene rings is 1. The third kappa shape index (κ3) is 2.76. The van der Waals surface area contributed by atoms with Crippen LogP contribution in [0.15, 0.2) is 12.1 Å². The molecule has 1 heterocycles. The van der Waals surface area contributed by atoms with Crippen molar-refractivity contribution >= 4 is 0 Å². The standard InChI is InChI=1S/C16H26N2/c1-11-9-12(2)15(13(3)10-11)16(17-4)14-5-7-18-8-6-14/h9-10,14,16-18H,5-8H2,1-4H3. The predicted octanol–water partition coefficient (Wildman–Crippen LogP) is 2.87. The first-order valence-electron chi connectivity index (χ1n) is 7.09. The summed E-state index contributed by atoms with van der Waals surface area (Å²) in [6.45, 7) is 9.00. The fourth-order valence-electron chi connectivity index (χ4n) is 3.48. The predicted molar refractivity (Wildman–Crippen MR) is 78.0 cm³/mol. The van der Waals surface area contributed by atoms with E-state index in [0.29, 0.717) is 6.04 Å². The summed E-state index contributed by atoms with van der Waals surface area (Å²) >= 11 is 0. The molecule has 1 saturated heterocycles. The minimum Gasteiger partial charge on any atom is -0.317 e. The molecule has 0 spiro atoms. The first-order valence-corrected chi connectivity index (χ1v) is 7.09. The van der Waals surface area contributed by atoms with Gasteiger partial charge >= 0.3 is 0 Å². The highest BCUT2D eigenvalue weighted by molar-refractivity contribution is 5.40. The first kappa shape index (κ1) is 13.6. The lowest BCUT2D eigenvalue weighted by molar-refractivity contribution is 0.292. The average Bonchev–Trinajstić information content (AvgIpc) is 2.34. The Labute approximate surface area is 111 Å². The van der Waals surface area contributed by atoms with Gasteiger partial charge in [-0.2, -0.15) is 0 Å². The second kappa shape index (κ2) is 5.85. The molecule has 1 atom stereocenters. The molecule has 1 fully saturated rings. The summed E-state index contributed by atoms with van der Waals surface area (Å²) in [6, 6.07) is 5.13. The Morgan fingerprint density at radius 3 is 2.17 bits per heavy atom. The SMILES string of the molecule is CNC(c1c(C)cc(C)cc1C)C1CCNCC1. The quantitative estimate of drug-likeness (QED) is 0.857. The van der Waals surface area contributed by atoms with Gasteiger partial charge in [-0.3, -0.25) is 0 Å². The zero-order valence-corrected chi connectivity index (χ0v) is 12.1. The Balaban J connectivity index is 2.32. The minimum atomic E-state index is 0.507. The highest BCUT2D eigenvalue weighted by Crippen LogP contribution is 2.33. The Morgan fingerprint density at radius 2 is 1.67 bits per heavy atom. The van der Waals surface area contributed by atoms with Crippen molar-refractivity contribution in [2.75, 3.05) is 20.1 Å². The number of aryl methyl sites for hydroxylation is 3. The molecule has 18 heavy (non-hydrogen) atoms. The van der Waals surface area contributed by atoms with Crippen molar-refractivity contribution in [1.82, 2.24) is 10.6 Å². The fourth-order valence-corrected chi connectivity index (χ4v) is 3.48. The summed E-state index contributed by atoms with van der Waals surface area (Å²) < 4.78 is 0. The molecule has 0 saturated carbocycles. The summed E-state index contributed by atoms with van der Waals surface area (Å²) in [5.74, 6) is 0.761. The third-order valence-corrected chi connectivity index (χ3v) is 4.22. The molecule has 2 N–H and O–H groups in total. The van der Waals surface area contributed by atoms with Gasteiger partial charge in [0.15, 0.2) is 0 Å². The van der Waals surface area contributed by atoms with Gasteiger partial charge in [-0.1, -0.05) is 17.7 Å². The monoisotopic (exact) mass is 246 g/mol. The van der Waals surface area contributed by atoms with Crippen LogP contribution < -0.4 is 10.6 Å². The molecule has 1 unspecified atom stereocenters. The lowest BCUT2D eigenvalue weighted by Crippen LogP contribution is -2.35. The van der Waals surface area contributed by atoms with Crippen LogP contribution in [0.3, 0.4) is 0 Å². The minimum absolute atomic E-state index is 0.507. The van der Waals surface area contributed by atoms with E-state index in [4.69, 9.17) is 0 Å². The average molecular weight is 246 g/mol. The molecule has 0 bridgehead atoms. The van der Waals surface area contributed by atoms with Crippen LogP contribution >= 0.6 is 0 Å². The van der Waals surface area contributed by atoms with Crippen molar-refractivity contribution in [3.63, 3.8) is 0 Å². The highest BCUT2D eigenvalue weighted by Gasteiger charge is 2.25. The van der Waals surface area contributed by atoms with Gasteiger partial charge in [-0.25, -0.2) is 0 Å². The third-order valence-electron chi connectivity index (χ3n) is 4.22. The molecule has 1 aromatic carbocycles. The molecule has 100 valence electrons. The van der Waals surface area contributed by atoms with Crippen molar-refractivity contribution < 1.29 is 0 Å². The van der Waals surface area contributed by atoms with E-state index in [1.54, 1.807) is 0 Å². The van der Waals surface area contributed by atoms with E-state index in [2.05, 4.69) is 50.6 Å². The Hall–Kier alpha value is -0.860. The highest BCUT2D eigenvalue weighted by atomic mass is 14.9. The Bertz CT molecular complexity index is 383. The molecule has 0 aromatic heterocycles. The van der Waals surface area contributed by atoms with E-state index in [9.17, 15) is 0 Å². The molecular formula is C16H26N2. The van der Waals surface area contributed by atoms with Crippen LogP contribution in [0.25, 0.3) is 0 Å². The second-order valence-corrected chi connectivity index (χ2v) is 5.67. The summed E-state index contributed by atoms with van der Waals surface area (Å²) in [7, 11) is 2.10. The molecule has 2 nitrogen and oxygen atoms in total. The maximum Gasteiger partial charge on any atom is 0.0352 e. The Morgan fingerprint density at radius 1 is 1.11 bits per heavy atom. The number of hydrogen-bond acceptors (Lipinski definition) is 2. The maximum atomic E-state index is 3.56. The molecule has 2 rings (SSSR count). The summed E-state index contributed by atoms with van der Waals surface area (Å²) in [5, 5.41) is 7.02. The van der Waals surface area contributed by atoms with E-state index < -0.39 is 0 Å². The summed E-state index contributed by atoms with van der Waals surface area (Å²) in [6.07, 6.45) is 2.55. The van der Waals surface area contributed by atoms with Gasteiger partial charge < -0.3 is 10.6 Å². The zero-order chi connectivity index (χ0) is 13.1. The zero-order valence-electron chi connectivity index (χ0n) is 12.1. The van der Waals surface area contributed by atoms with Crippen LogP contribution in [0.1, 0.15) is 41.1 Å². The number of rotatable bonds is 3. The van der Waals surface area contributed by atoms with Gasteiger partial charge in [0.1, 0.15) is 0 Å². The van der Waals surface area contributed by atoms with E-state index in [0.717, 1.165) is 19.0 Å². The lowest BCUT2D eigenvalue weighted by atomic mass is 9.82. The number of nitrogens with one attached hydrogen (secondary N) is 2. The van der Waals surface area contributed by atoms with Crippen LogP contribution in [-0.2, 0) is 0 Å². The first-order chi connectivity index (χ1) is 8.63. The number of hydrogen-bond donors (Lipinski definition) is 2. The van der Waals surface area contributed by atoms with Crippen LogP contribution in [-0.4, -0.2) is 20.1 Å². The molecule has 1 aliphatic heterocycles. The van der Waals surface area contributed by atoms with Gasteiger partial charge in [0.2, 0.25) is 0 Å². The largest absolute Gasteiger partial charge is 0.317 e. The summed E-state index contributed by atoms with van der Waals surface area (Å²) in [4.78, 5) is 0. The van der Waals surface area contributed by atoms with E-state index in [1.807, 2.05) is 0 Å². The van der Waals surface area contributed by atoms with E-state index in [1.165, 1.54) is 35.1 Å². The number of piperidine rings is 1. The lowest BCUT2D eigenvalue weighted by Gasteiger charge is -2.33. The molecule has 0 radical (unpaired) electrons. The van der Waals surface area contributed by atoms with Crippen LogP contribution in [0.4, 0.5) is 0 Å². The topological polar surface area (TPSA) is 24.1 Å². The van der Waals surface area contributed by atoms with Gasteiger partial charge in [0.25, 0.3) is 0 Å². The van der Waals surface area contributed by atoms with E-state index in [-0.39, 0.29) is 0 Å². The molecule has 1 aromatic rings. The van der Waals surface area contributed by atoms with Gasteiger partial charge in [0, 0.05) is 6.04 Å². The van der Waals surface area contributed by atoms with Crippen molar-refractivity contribution in [3.8, 4) is 0 Å². The molecular weight excluding hydrogens is 220 g/mol. The van der Waals surface area contributed by atoms with Gasteiger partial charge in [0.05, 0.1) is 0 Å². The molecule has 1 aliphatic rings. The smallest absolute Gasteiger partial charge is 0.0352 e. The molecule has 0 aliphatic carbocycles. The van der Waals surface area contributed by atoms with Gasteiger partial charge in [-0.15, -0.1) is 0 Å². The second-order valence-electron chi connectivity index (χ2n) is 5.67. The summed E-state index contributed by atoms with van der Waals surface area (Å²) in [5.41, 5.74) is 5.76. The van der Waals surface area contributed by atoms with Crippen LogP contribution in [0, 0.1) is 26.7 Å². The fraction of sp³-hybridized carbons (Fsp3) is 0.625. The van der Waals surface area contributed by atoms with E-state index >= 15 is 0 Å². The van der Waals surface area contributed by atoms with Gasteiger partial charge in [-0.05, 0) is 76.4 Å². The molecule has 0 amide bonds. The van der Waals surface area contributed by atoms with Crippen molar-refractivity contribution in [3.05, 3.63) is 34.4 Å².